The molecule has 2 heteroatoms. The van der Waals surface area contributed by atoms with E-state index < -0.39 is 0 Å². The first-order chi connectivity index (χ1) is 8.17. The SMILES string of the molecule is CC1CNC(C)(C2CC2)CN1CCCC1CC1. The fourth-order valence-electron chi connectivity index (χ4n) is 3.43. The van der Waals surface area contributed by atoms with Crippen LogP contribution in [0.15, 0.2) is 0 Å². The van der Waals surface area contributed by atoms with E-state index in [1.165, 1.54) is 58.2 Å². The predicted octanol–water partition coefficient (Wildman–Crippen LogP) is 2.64. The summed E-state index contributed by atoms with van der Waals surface area (Å²) >= 11 is 0. The van der Waals surface area contributed by atoms with Gasteiger partial charge in [-0.1, -0.05) is 12.8 Å². The molecule has 17 heavy (non-hydrogen) atoms. The molecule has 2 saturated carbocycles. The van der Waals surface area contributed by atoms with Crippen LogP contribution in [0.3, 0.4) is 0 Å². The summed E-state index contributed by atoms with van der Waals surface area (Å²) in [6.07, 6.45) is 8.84. The predicted molar refractivity (Wildman–Crippen MR) is 72.1 cm³/mol. The van der Waals surface area contributed by atoms with Crippen molar-refractivity contribution >= 4 is 0 Å². The van der Waals surface area contributed by atoms with Crippen molar-refractivity contribution < 1.29 is 0 Å². The lowest BCUT2D eigenvalue weighted by Crippen LogP contribution is -2.63. The van der Waals surface area contributed by atoms with Gasteiger partial charge in [0, 0.05) is 24.7 Å². The number of hydrogen-bond donors (Lipinski definition) is 1. The molecule has 2 nitrogen and oxygen atoms in total. The molecule has 1 heterocycles. The number of piperazine rings is 1. The van der Waals surface area contributed by atoms with Crippen molar-refractivity contribution in [1.29, 1.82) is 0 Å². The largest absolute Gasteiger partial charge is 0.308 e. The summed E-state index contributed by atoms with van der Waals surface area (Å²) in [6, 6.07) is 0.737. The van der Waals surface area contributed by atoms with Gasteiger partial charge >= 0.3 is 0 Å². The Morgan fingerprint density at radius 2 is 2.00 bits per heavy atom. The second-order valence-corrected chi connectivity index (χ2v) is 6.98. The van der Waals surface area contributed by atoms with Crippen molar-refractivity contribution in [2.75, 3.05) is 19.6 Å². The van der Waals surface area contributed by atoms with Crippen molar-refractivity contribution in [3.05, 3.63) is 0 Å². The van der Waals surface area contributed by atoms with Crippen molar-refractivity contribution in [2.45, 2.75) is 64.0 Å². The number of nitrogens with zero attached hydrogens (tertiary/aromatic N) is 1. The Hall–Kier alpha value is -0.0800. The van der Waals surface area contributed by atoms with Gasteiger partial charge in [-0.05, 0) is 57.9 Å². The number of hydrogen-bond acceptors (Lipinski definition) is 2. The first-order valence-corrected chi connectivity index (χ1v) is 7.66. The Balaban J connectivity index is 1.49. The van der Waals surface area contributed by atoms with E-state index in [2.05, 4.69) is 24.1 Å². The molecule has 0 radical (unpaired) electrons. The van der Waals surface area contributed by atoms with Crippen LogP contribution in [0.5, 0.6) is 0 Å². The first kappa shape index (κ1) is 12.0. The molecule has 2 aliphatic carbocycles. The van der Waals surface area contributed by atoms with Crippen LogP contribution in [-0.4, -0.2) is 36.1 Å². The van der Waals surface area contributed by atoms with E-state index in [0.29, 0.717) is 5.54 Å². The first-order valence-electron chi connectivity index (χ1n) is 7.66. The maximum atomic E-state index is 3.81. The summed E-state index contributed by atoms with van der Waals surface area (Å²) < 4.78 is 0. The summed E-state index contributed by atoms with van der Waals surface area (Å²) in [5.41, 5.74) is 0.423. The molecule has 0 aromatic carbocycles. The van der Waals surface area contributed by atoms with Gasteiger partial charge in [-0.15, -0.1) is 0 Å². The highest BCUT2D eigenvalue weighted by Gasteiger charge is 2.45. The molecular weight excluding hydrogens is 208 g/mol. The molecule has 0 bridgehead atoms. The summed E-state index contributed by atoms with van der Waals surface area (Å²) in [7, 11) is 0. The van der Waals surface area contributed by atoms with Crippen molar-refractivity contribution in [3.8, 4) is 0 Å². The van der Waals surface area contributed by atoms with E-state index in [9.17, 15) is 0 Å². The van der Waals surface area contributed by atoms with Crippen molar-refractivity contribution in [2.24, 2.45) is 11.8 Å². The van der Waals surface area contributed by atoms with Gasteiger partial charge < -0.3 is 5.32 Å². The minimum absolute atomic E-state index is 0.423. The van der Waals surface area contributed by atoms with Gasteiger partial charge in [0.15, 0.2) is 0 Å². The van der Waals surface area contributed by atoms with E-state index in [4.69, 9.17) is 0 Å². The van der Waals surface area contributed by atoms with Crippen LogP contribution in [0, 0.1) is 11.8 Å². The van der Waals surface area contributed by atoms with E-state index >= 15 is 0 Å². The third-order valence-corrected chi connectivity index (χ3v) is 5.19. The second kappa shape index (κ2) is 4.55. The summed E-state index contributed by atoms with van der Waals surface area (Å²) in [4.78, 5) is 2.75. The maximum absolute atomic E-state index is 3.81. The lowest BCUT2D eigenvalue weighted by atomic mass is 9.91. The molecule has 0 aromatic rings. The monoisotopic (exact) mass is 236 g/mol. The van der Waals surface area contributed by atoms with Crippen LogP contribution in [-0.2, 0) is 0 Å². The molecule has 98 valence electrons. The van der Waals surface area contributed by atoms with Gasteiger partial charge in [0.1, 0.15) is 0 Å². The number of nitrogens with one attached hydrogen (secondary N) is 1. The molecule has 1 aliphatic heterocycles. The lowest BCUT2D eigenvalue weighted by Gasteiger charge is -2.45. The average molecular weight is 236 g/mol. The Morgan fingerprint density at radius 3 is 2.65 bits per heavy atom. The van der Waals surface area contributed by atoms with E-state index in [0.717, 1.165) is 17.9 Å². The van der Waals surface area contributed by atoms with Gasteiger partial charge in [-0.2, -0.15) is 0 Å². The molecule has 0 spiro atoms. The zero-order valence-electron chi connectivity index (χ0n) is 11.5. The van der Waals surface area contributed by atoms with Crippen molar-refractivity contribution in [3.63, 3.8) is 0 Å². The molecule has 1 saturated heterocycles. The third-order valence-electron chi connectivity index (χ3n) is 5.19. The fourth-order valence-corrected chi connectivity index (χ4v) is 3.43. The average Bonchev–Trinajstić information content (AvgIpc) is 3.16. The Labute approximate surface area is 106 Å². The molecule has 3 rings (SSSR count). The Morgan fingerprint density at radius 1 is 1.24 bits per heavy atom. The highest BCUT2D eigenvalue weighted by atomic mass is 15.2. The van der Waals surface area contributed by atoms with Crippen LogP contribution in [0.4, 0.5) is 0 Å². The van der Waals surface area contributed by atoms with Gasteiger partial charge in [0.05, 0.1) is 0 Å². The topological polar surface area (TPSA) is 15.3 Å². The van der Waals surface area contributed by atoms with E-state index in [1.54, 1.807) is 0 Å². The lowest BCUT2D eigenvalue weighted by molar-refractivity contribution is 0.0815. The molecule has 1 N–H and O–H groups in total. The van der Waals surface area contributed by atoms with Gasteiger partial charge in [-0.3, -0.25) is 4.90 Å². The van der Waals surface area contributed by atoms with Gasteiger partial charge in [-0.25, -0.2) is 0 Å². The fraction of sp³-hybridized carbons (Fsp3) is 1.00. The summed E-state index contributed by atoms with van der Waals surface area (Å²) in [5, 5.41) is 3.81. The highest BCUT2D eigenvalue weighted by Crippen LogP contribution is 2.41. The van der Waals surface area contributed by atoms with Crippen LogP contribution in [0.25, 0.3) is 0 Å². The van der Waals surface area contributed by atoms with E-state index in [-0.39, 0.29) is 0 Å². The molecule has 0 aromatic heterocycles. The third kappa shape index (κ3) is 2.85. The quantitative estimate of drug-likeness (QED) is 0.789. The molecule has 2 unspecified atom stereocenters. The Kier molecular flexibility index (Phi) is 3.20. The normalized spacial score (nSPS) is 39.5. The Bertz CT molecular complexity index is 270. The minimum Gasteiger partial charge on any atom is -0.308 e. The summed E-state index contributed by atoms with van der Waals surface area (Å²) in [5.74, 6) is 2.06. The van der Waals surface area contributed by atoms with Gasteiger partial charge in [0.25, 0.3) is 0 Å². The standard InChI is InChI=1S/C15H28N2/c1-12-10-16-15(2,14-7-8-14)11-17(12)9-3-4-13-5-6-13/h12-14,16H,3-11H2,1-2H3. The highest BCUT2D eigenvalue weighted by molar-refractivity contribution is 5.03. The van der Waals surface area contributed by atoms with Crippen LogP contribution < -0.4 is 5.32 Å². The zero-order valence-corrected chi connectivity index (χ0v) is 11.5. The van der Waals surface area contributed by atoms with Crippen LogP contribution in [0.1, 0.15) is 52.4 Å². The molecule has 0 amide bonds. The van der Waals surface area contributed by atoms with Crippen molar-refractivity contribution in [1.82, 2.24) is 10.2 Å². The minimum atomic E-state index is 0.423. The summed E-state index contributed by atoms with van der Waals surface area (Å²) in [6.45, 7) is 8.64. The molecule has 2 atom stereocenters. The number of rotatable bonds is 5. The van der Waals surface area contributed by atoms with Crippen LogP contribution >= 0.6 is 0 Å². The van der Waals surface area contributed by atoms with Crippen LogP contribution in [0.2, 0.25) is 0 Å². The van der Waals surface area contributed by atoms with Gasteiger partial charge in [0.2, 0.25) is 0 Å². The molecule has 3 aliphatic rings. The smallest absolute Gasteiger partial charge is 0.0309 e. The zero-order chi connectivity index (χ0) is 11.9. The second-order valence-electron chi connectivity index (χ2n) is 6.98. The maximum Gasteiger partial charge on any atom is 0.0309 e. The van der Waals surface area contributed by atoms with E-state index in [1.807, 2.05) is 0 Å². The molecular formula is C15H28N2. The molecule has 3 fully saturated rings.